The number of hydrogen-bond acceptors (Lipinski definition) is 4. The molecule has 0 amide bonds. The maximum absolute atomic E-state index is 14.5. The Labute approximate surface area is 210 Å². The molecule has 4 rings (SSSR count). The molecule has 1 N–H and O–H groups in total. The zero-order chi connectivity index (χ0) is 25.4. The Balaban J connectivity index is 1.71. The van der Waals surface area contributed by atoms with Gasteiger partial charge in [0.25, 0.3) is 0 Å². The molecule has 0 fully saturated rings. The van der Waals surface area contributed by atoms with Crippen molar-refractivity contribution < 1.29 is 17.9 Å². The van der Waals surface area contributed by atoms with Crippen molar-refractivity contribution in [3.05, 3.63) is 99.2 Å². The fraction of sp³-hybridized carbons (Fsp3) is 0.296. The summed E-state index contributed by atoms with van der Waals surface area (Å²) in [6, 6.07) is 12.2. The second kappa shape index (κ2) is 9.72. The number of aromatic nitrogens is 2. The molecule has 1 heterocycles. The Morgan fingerprint density at radius 1 is 1.17 bits per heavy atom. The predicted octanol–water partition coefficient (Wildman–Crippen LogP) is 5.98. The summed E-state index contributed by atoms with van der Waals surface area (Å²) in [5.74, 6) is 0.209. The van der Waals surface area contributed by atoms with Crippen LogP contribution in [0.15, 0.2) is 65.7 Å². The van der Waals surface area contributed by atoms with Crippen LogP contribution < -0.4 is 0 Å². The summed E-state index contributed by atoms with van der Waals surface area (Å²) in [6.07, 6.45) is 6.88. The molecule has 0 aliphatic heterocycles. The lowest BCUT2D eigenvalue weighted by Gasteiger charge is -2.15. The van der Waals surface area contributed by atoms with Crippen LogP contribution >= 0.6 is 11.6 Å². The van der Waals surface area contributed by atoms with Gasteiger partial charge in [-0.2, -0.15) is 0 Å². The quantitative estimate of drug-likeness (QED) is 0.421. The van der Waals surface area contributed by atoms with E-state index in [-0.39, 0.29) is 12.2 Å². The third-order valence-electron chi connectivity index (χ3n) is 6.13. The number of benzene rings is 2. The van der Waals surface area contributed by atoms with Crippen molar-refractivity contribution in [2.75, 3.05) is 5.75 Å². The van der Waals surface area contributed by atoms with E-state index in [9.17, 15) is 17.9 Å². The summed E-state index contributed by atoms with van der Waals surface area (Å²) >= 11 is 6.25. The number of sulfone groups is 1. The van der Waals surface area contributed by atoms with Gasteiger partial charge in [0.15, 0.2) is 9.84 Å². The summed E-state index contributed by atoms with van der Waals surface area (Å²) in [6.45, 7) is 4.95. The van der Waals surface area contributed by atoms with Crippen LogP contribution in [0.3, 0.4) is 0 Å². The van der Waals surface area contributed by atoms with E-state index in [0.717, 1.165) is 16.8 Å². The minimum Gasteiger partial charge on any atom is -0.384 e. The number of imidazole rings is 1. The SMILES string of the molecule is CCS(=O)(=O)C1=CC(c2ccc(-n3cc(C(C)(C)O)nc3Cc3c(F)cccc3Cl)cc2)=CCC1. The molecule has 0 unspecified atom stereocenters. The molecule has 0 atom stereocenters. The van der Waals surface area contributed by atoms with Crippen LogP contribution in [0.25, 0.3) is 11.3 Å². The minimum absolute atomic E-state index is 0.0873. The summed E-state index contributed by atoms with van der Waals surface area (Å²) in [5, 5.41) is 10.8. The van der Waals surface area contributed by atoms with Crippen LogP contribution in [0.1, 0.15) is 56.3 Å². The Morgan fingerprint density at radius 2 is 1.89 bits per heavy atom. The molecule has 0 saturated heterocycles. The topological polar surface area (TPSA) is 72.2 Å². The summed E-state index contributed by atoms with van der Waals surface area (Å²) in [5.41, 5.74) is 2.16. The van der Waals surface area contributed by atoms with Crippen molar-refractivity contribution in [2.24, 2.45) is 0 Å². The first-order chi connectivity index (χ1) is 16.5. The van der Waals surface area contributed by atoms with E-state index in [0.29, 0.717) is 39.9 Å². The van der Waals surface area contributed by atoms with Crippen LogP contribution in [0.5, 0.6) is 0 Å². The molecule has 1 aliphatic rings. The molecule has 184 valence electrons. The van der Waals surface area contributed by atoms with Gasteiger partial charge in [0.1, 0.15) is 17.2 Å². The Bertz CT molecular complexity index is 1400. The lowest BCUT2D eigenvalue weighted by atomic mass is 9.99. The first kappa shape index (κ1) is 25.4. The van der Waals surface area contributed by atoms with E-state index in [1.54, 1.807) is 45.2 Å². The molecule has 0 radical (unpaired) electrons. The van der Waals surface area contributed by atoms with Gasteiger partial charge in [0.2, 0.25) is 0 Å². The molecular weight excluding hydrogens is 487 g/mol. The molecule has 0 saturated carbocycles. The molecule has 5 nitrogen and oxygen atoms in total. The maximum atomic E-state index is 14.5. The molecule has 1 aromatic heterocycles. The normalized spacial score (nSPS) is 14.6. The third kappa shape index (κ3) is 5.42. The van der Waals surface area contributed by atoms with Crippen molar-refractivity contribution in [1.82, 2.24) is 9.55 Å². The van der Waals surface area contributed by atoms with E-state index in [1.807, 2.05) is 34.9 Å². The Morgan fingerprint density at radius 3 is 2.51 bits per heavy atom. The highest BCUT2D eigenvalue weighted by atomic mass is 35.5. The van der Waals surface area contributed by atoms with E-state index in [2.05, 4.69) is 4.98 Å². The predicted molar refractivity (Wildman–Crippen MR) is 138 cm³/mol. The molecule has 1 aliphatic carbocycles. The first-order valence-corrected chi connectivity index (χ1v) is 13.5. The van der Waals surface area contributed by atoms with Crippen molar-refractivity contribution in [2.45, 2.75) is 45.6 Å². The molecule has 35 heavy (non-hydrogen) atoms. The summed E-state index contributed by atoms with van der Waals surface area (Å²) in [7, 11) is -3.22. The van der Waals surface area contributed by atoms with Gasteiger partial charge in [0.05, 0.1) is 11.4 Å². The standard InChI is InChI=1S/C27H28ClFN2O3S/c1-4-35(33,34)21-8-5-7-19(15-21)18-11-13-20(14-12-18)31-17-25(27(2,3)32)30-26(31)16-22-23(28)9-6-10-24(22)29/h6-7,9-15,17,32H,4-5,8,16H2,1-3H3. The molecule has 8 heteroatoms. The van der Waals surface area contributed by atoms with Crippen molar-refractivity contribution in [3.63, 3.8) is 0 Å². The highest BCUT2D eigenvalue weighted by Gasteiger charge is 2.24. The van der Waals surface area contributed by atoms with Crippen molar-refractivity contribution >= 4 is 27.0 Å². The van der Waals surface area contributed by atoms with E-state index >= 15 is 0 Å². The number of halogens is 2. The van der Waals surface area contributed by atoms with Gasteiger partial charge in [0, 0.05) is 33.8 Å². The van der Waals surface area contributed by atoms with Crippen LogP contribution in [0.4, 0.5) is 4.39 Å². The first-order valence-electron chi connectivity index (χ1n) is 11.5. The summed E-state index contributed by atoms with van der Waals surface area (Å²) < 4.78 is 41.0. The fourth-order valence-electron chi connectivity index (χ4n) is 4.04. The number of hydrogen-bond donors (Lipinski definition) is 1. The highest BCUT2D eigenvalue weighted by Crippen LogP contribution is 2.30. The molecule has 0 spiro atoms. The van der Waals surface area contributed by atoms with Gasteiger partial charge in [-0.25, -0.2) is 17.8 Å². The Hall–Kier alpha value is -2.74. The lowest BCUT2D eigenvalue weighted by Crippen LogP contribution is -2.16. The van der Waals surface area contributed by atoms with Crippen LogP contribution in [0.2, 0.25) is 5.02 Å². The molecule has 2 aromatic carbocycles. The molecular formula is C27H28ClFN2O3S. The summed E-state index contributed by atoms with van der Waals surface area (Å²) in [4.78, 5) is 5.06. The lowest BCUT2D eigenvalue weighted by molar-refractivity contribution is 0.0741. The maximum Gasteiger partial charge on any atom is 0.174 e. The monoisotopic (exact) mass is 514 g/mol. The van der Waals surface area contributed by atoms with Crippen molar-refractivity contribution in [1.29, 1.82) is 0 Å². The van der Waals surface area contributed by atoms with Crippen molar-refractivity contribution in [3.8, 4) is 5.69 Å². The van der Waals surface area contributed by atoms with Gasteiger partial charge in [-0.15, -0.1) is 0 Å². The zero-order valence-electron chi connectivity index (χ0n) is 19.9. The van der Waals surface area contributed by atoms with E-state index < -0.39 is 21.3 Å². The zero-order valence-corrected chi connectivity index (χ0v) is 21.5. The van der Waals surface area contributed by atoms with E-state index in [1.165, 1.54) is 6.07 Å². The fourth-order valence-corrected chi connectivity index (χ4v) is 5.38. The van der Waals surface area contributed by atoms with Crippen LogP contribution in [-0.4, -0.2) is 28.8 Å². The number of rotatable bonds is 7. The number of allylic oxidation sites excluding steroid dienone is 4. The number of aliphatic hydroxyl groups is 1. The van der Waals surface area contributed by atoms with E-state index in [4.69, 9.17) is 11.6 Å². The average Bonchev–Trinajstić information content (AvgIpc) is 3.26. The molecule has 3 aromatic rings. The van der Waals surface area contributed by atoms with Crippen LogP contribution in [0, 0.1) is 5.82 Å². The Kier molecular flexibility index (Phi) is 7.04. The second-order valence-electron chi connectivity index (χ2n) is 9.11. The smallest absolute Gasteiger partial charge is 0.174 e. The molecule has 0 bridgehead atoms. The highest BCUT2D eigenvalue weighted by molar-refractivity contribution is 7.95. The van der Waals surface area contributed by atoms with Gasteiger partial charge in [-0.05, 0) is 68.2 Å². The third-order valence-corrected chi connectivity index (χ3v) is 8.37. The van der Waals surface area contributed by atoms with Gasteiger partial charge < -0.3 is 9.67 Å². The average molecular weight is 515 g/mol. The van der Waals surface area contributed by atoms with Gasteiger partial charge in [-0.3, -0.25) is 0 Å². The second-order valence-corrected chi connectivity index (χ2v) is 11.8. The number of nitrogens with zero attached hydrogens (tertiary/aromatic N) is 2. The van der Waals surface area contributed by atoms with Crippen LogP contribution in [-0.2, 0) is 21.9 Å². The van der Waals surface area contributed by atoms with Gasteiger partial charge in [-0.1, -0.05) is 42.8 Å². The van der Waals surface area contributed by atoms with Gasteiger partial charge >= 0.3 is 0 Å². The largest absolute Gasteiger partial charge is 0.384 e. The minimum atomic E-state index is -3.22.